The molecule has 0 aliphatic carbocycles. The van der Waals surface area contributed by atoms with Gasteiger partial charge in [-0.1, -0.05) is 43.3 Å². The van der Waals surface area contributed by atoms with Gasteiger partial charge < -0.3 is 10.3 Å². The van der Waals surface area contributed by atoms with Gasteiger partial charge in [-0.25, -0.2) is 15.0 Å². The molecule has 0 fully saturated rings. The molecule has 7 nitrogen and oxygen atoms in total. The summed E-state index contributed by atoms with van der Waals surface area (Å²) in [7, 11) is 0. The summed E-state index contributed by atoms with van der Waals surface area (Å²) in [5.74, 6) is 0.643. The number of nitrogens with zero attached hydrogens (tertiary/aromatic N) is 4. The van der Waals surface area contributed by atoms with Crippen LogP contribution in [0.2, 0.25) is 0 Å². The number of fused-ring (bicyclic) bond motifs is 2. The third kappa shape index (κ3) is 3.24. The molecule has 2 aromatic carbocycles. The largest absolute Gasteiger partial charge is 0.360 e. The molecule has 0 saturated heterocycles. The number of pyridine rings is 1. The van der Waals surface area contributed by atoms with Crippen LogP contribution in [-0.4, -0.2) is 24.5 Å². The fraction of sp³-hybridized carbons (Fsp3) is 0.167. The maximum Gasteiger partial charge on any atom is 0.263 e. The van der Waals surface area contributed by atoms with E-state index >= 15 is 0 Å². The van der Waals surface area contributed by atoms with Crippen molar-refractivity contribution in [3.05, 3.63) is 88.9 Å². The lowest BCUT2D eigenvalue weighted by Crippen LogP contribution is -2.26. The normalized spacial score (nSPS) is 12.3. The van der Waals surface area contributed by atoms with Crippen molar-refractivity contribution in [3.8, 4) is 5.69 Å². The average molecular weight is 410 g/mol. The van der Waals surface area contributed by atoms with E-state index in [4.69, 9.17) is 0 Å². The van der Waals surface area contributed by atoms with Crippen molar-refractivity contribution in [2.45, 2.75) is 26.3 Å². The van der Waals surface area contributed by atoms with Gasteiger partial charge in [0.1, 0.15) is 11.8 Å². The lowest BCUT2D eigenvalue weighted by atomic mass is 10.0. The van der Waals surface area contributed by atoms with Crippen molar-refractivity contribution in [2.75, 3.05) is 5.32 Å². The number of rotatable bonds is 5. The molecule has 0 aliphatic heterocycles. The number of imidazole rings is 1. The number of H-pyrrole nitrogens is 1. The Labute approximate surface area is 178 Å². The average Bonchev–Trinajstić information content (AvgIpc) is 3.29. The molecular weight excluding hydrogens is 388 g/mol. The Balaban J connectivity index is 1.72. The Hall–Kier alpha value is -4.00. The van der Waals surface area contributed by atoms with Crippen molar-refractivity contribution in [1.82, 2.24) is 24.5 Å². The SMILES string of the molecule is CCc1cccc2cc(C(C)Nc3ncnc4nc[nH]c34)n(-c3ccccc3)c(=O)c12. The van der Waals surface area contributed by atoms with Gasteiger partial charge >= 0.3 is 0 Å². The van der Waals surface area contributed by atoms with E-state index in [0.29, 0.717) is 11.5 Å². The quantitative estimate of drug-likeness (QED) is 0.449. The van der Waals surface area contributed by atoms with E-state index in [1.807, 2.05) is 55.5 Å². The second kappa shape index (κ2) is 7.68. The number of aryl methyl sites for hydroxylation is 1. The zero-order chi connectivity index (χ0) is 21.4. The first-order chi connectivity index (χ1) is 15.2. The van der Waals surface area contributed by atoms with Crippen LogP contribution in [0.25, 0.3) is 27.6 Å². The van der Waals surface area contributed by atoms with E-state index in [-0.39, 0.29) is 11.6 Å². The molecule has 0 aliphatic rings. The molecule has 3 aromatic heterocycles. The van der Waals surface area contributed by atoms with Crippen LogP contribution in [0.5, 0.6) is 0 Å². The number of hydrogen-bond donors (Lipinski definition) is 2. The minimum absolute atomic E-state index is 0.0147. The smallest absolute Gasteiger partial charge is 0.263 e. The molecule has 7 heteroatoms. The van der Waals surface area contributed by atoms with Crippen molar-refractivity contribution in [1.29, 1.82) is 0 Å². The topological polar surface area (TPSA) is 88.5 Å². The number of nitrogens with one attached hydrogen (secondary N) is 2. The first kappa shape index (κ1) is 19.0. The molecule has 0 bridgehead atoms. The number of aromatic nitrogens is 5. The fourth-order valence-electron chi connectivity index (χ4n) is 4.06. The van der Waals surface area contributed by atoms with E-state index < -0.39 is 0 Å². The van der Waals surface area contributed by atoms with Crippen LogP contribution in [-0.2, 0) is 6.42 Å². The highest BCUT2D eigenvalue weighted by atomic mass is 16.1. The maximum atomic E-state index is 13.8. The summed E-state index contributed by atoms with van der Waals surface area (Å²) >= 11 is 0. The standard InChI is InChI=1S/C24H22N6O/c1-3-16-8-7-9-17-12-19(30(24(31)20(16)17)18-10-5-4-6-11-18)15(2)29-23-21-22(26-13-25-21)27-14-28-23/h4-15H,3H2,1-2H3,(H2,25,26,27,28,29). The van der Waals surface area contributed by atoms with Gasteiger partial charge in [-0.3, -0.25) is 9.36 Å². The first-order valence-corrected chi connectivity index (χ1v) is 10.3. The molecule has 154 valence electrons. The van der Waals surface area contributed by atoms with Crippen LogP contribution in [0, 0.1) is 0 Å². The zero-order valence-corrected chi connectivity index (χ0v) is 17.3. The molecule has 0 amide bonds. The Morgan fingerprint density at radius 2 is 1.90 bits per heavy atom. The van der Waals surface area contributed by atoms with Gasteiger partial charge in [-0.2, -0.15) is 0 Å². The highest BCUT2D eigenvalue weighted by Gasteiger charge is 2.19. The molecule has 1 atom stereocenters. The van der Waals surface area contributed by atoms with E-state index in [9.17, 15) is 4.79 Å². The van der Waals surface area contributed by atoms with Crippen molar-refractivity contribution < 1.29 is 0 Å². The van der Waals surface area contributed by atoms with Crippen LogP contribution in [0.1, 0.15) is 31.1 Å². The van der Waals surface area contributed by atoms with Crippen LogP contribution in [0.15, 0.2) is 72.0 Å². The predicted octanol–water partition coefficient (Wildman–Crippen LogP) is 4.39. The lowest BCUT2D eigenvalue weighted by molar-refractivity contribution is 0.773. The minimum atomic E-state index is -0.205. The minimum Gasteiger partial charge on any atom is -0.360 e. The summed E-state index contributed by atoms with van der Waals surface area (Å²) in [6, 6.07) is 17.7. The predicted molar refractivity (Wildman–Crippen MR) is 123 cm³/mol. The monoisotopic (exact) mass is 410 g/mol. The molecule has 3 heterocycles. The second-order valence-corrected chi connectivity index (χ2v) is 7.47. The van der Waals surface area contributed by atoms with E-state index in [1.165, 1.54) is 6.33 Å². The summed E-state index contributed by atoms with van der Waals surface area (Å²) in [5.41, 5.74) is 4.04. The summed E-state index contributed by atoms with van der Waals surface area (Å²) < 4.78 is 1.80. The third-order valence-corrected chi connectivity index (χ3v) is 5.58. The number of para-hydroxylation sites is 1. The van der Waals surface area contributed by atoms with Crippen LogP contribution in [0.3, 0.4) is 0 Å². The van der Waals surface area contributed by atoms with Gasteiger partial charge in [-0.15, -0.1) is 0 Å². The molecule has 31 heavy (non-hydrogen) atoms. The van der Waals surface area contributed by atoms with Gasteiger partial charge in [0.05, 0.1) is 17.8 Å². The molecule has 1 unspecified atom stereocenters. The van der Waals surface area contributed by atoms with Crippen LogP contribution < -0.4 is 10.9 Å². The highest BCUT2D eigenvalue weighted by molar-refractivity contribution is 5.86. The Kier molecular flexibility index (Phi) is 4.71. The third-order valence-electron chi connectivity index (χ3n) is 5.58. The number of benzene rings is 2. The van der Waals surface area contributed by atoms with Gasteiger partial charge in [0.2, 0.25) is 0 Å². The van der Waals surface area contributed by atoms with Gasteiger partial charge in [0, 0.05) is 11.4 Å². The van der Waals surface area contributed by atoms with Crippen molar-refractivity contribution in [3.63, 3.8) is 0 Å². The summed E-state index contributed by atoms with van der Waals surface area (Å²) in [6.45, 7) is 4.10. The molecule has 5 rings (SSSR count). The molecule has 5 aromatic rings. The molecular formula is C24H22N6O. The highest BCUT2D eigenvalue weighted by Crippen LogP contribution is 2.26. The van der Waals surface area contributed by atoms with Gasteiger partial charge in [0.25, 0.3) is 5.56 Å². The molecule has 0 saturated carbocycles. The zero-order valence-electron chi connectivity index (χ0n) is 17.3. The summed E-state index contributed by atoms with van der Waals surface area (Å²) in [5, 5.41) is 5.14. The summed E-state index contributed by atoms with van der Waals surface area (Å²) in [6.07, 6.45) is 3.88. The first-order valence-electron chi connectivity index (χ1n) is 10.3. The van der Waals surface area contributed by atoms with Gasteiger partial charge in [0.15, 0.2) is 11.5 Å². The van der Waals surface area contributed by atoms with E-state index in [0.717, 1.165) is 39.7 Å². The lowest BCUT2D eigenvalue weighted by Gasteiger charge is -2.22. The number of aromatic amines is 1. The Bertz CT molecular complexity index is 1440. The summed E-state index contributed by atoms with van der Waals surface area (Å²) in [4.78, 5) is 29.6. The Morgan fingerprint density at radius 3 is 2.71 bits per heavy atom. The maximum absolute atomic E-state index is 13.8. The van der Waals surface area contributed by atoms with Crippen molar-refractivity contribution in [2.24, 2.45) is 0 Å². The van der Waals surface area contributed by atoms with Crippen LogP contribution in [0.4, 0.5) is 5.82 Å². The van der Waals surface area contributed by atoms with E-state index in [1.54, 1.807) is 10.9 Å². The second-order valence-electron chi connectivity index (χ2n) is 7.47. The molecule has 0 radical (unpaired) electrons. The number of hydrogen-bond acceptors (Lipinski definition) is 5. The Morgan fingerprint density at radius 1 is 1.06 bits per heavy atom. The fourth-order valence-corrected chi connectivity index (χ4v) is 4.06. The van der Waals surface area contributed by atoms with Crippen LogP contribution >= 0.6 is 0 Å². The molecule has 0 spiro atoms. The van der Waals surface area contributed by atoms with Gasteiger partial charge in [-0.05, 0) is 42.5 Å². The number of anilines is 1. The van der Waals surface area contributed by atoms with E-state index in [2.05, 4.69) is 38.2 Å². The van der Waals surface area contributed by atoms with Crippen molar-refractivity contribution >= 4 is 27.8 Å². The molecule has 2 N–H and O–H groups in total.